The molecule has 1 aliphatic rings. The van der Waals surface area contributed by atoms with Crippen LogP contribution in [0.1, 0.15) is 12.8 Å². The molecule has 1 aromatic rings. The number of piperidine rings is 1. The van der Waals surface area contributed by atoms with E-state index in [4.69, 9.17) is 0 Å². The number of aromatic amines is 1. The fraction of sp³-hybridized carbons (Fsp3) is 0.545. The van der Waals surface area contributed by atoms with E-state index in [1.165, 1.54) is 17.2 Å². The second kappa shape index (κ2) is 5.18. The Morgan fingerprint density at radius 3 is 2.94 bits per heavy atom. The standard InChI is InChI=1S/C11H15N3O4/c15-8-2-1-4-13(6-8)10(17)7-14-5-3-9(16)12-11(14)18/h3,5,8,15H,1-2,4,6-7H2,(H,12,16,18)/t8-/m0/s1. The van der Waals surface area contributed by atoms with Crippen molar-refractivity contribution in [2.75, 3.05) is 13.1 Å². The Hall–Kier alpha value is -1.89. The van der Waals surface area contributed by atoms with Crippen molar-refractivity contribution in [1.82, 2.24) is 14.5 Å². The van der Waals surface area contributed by atoms with Gasteiger partial charge in [-0.05, 0) is 12.8 Å². The molecule has 2 rings (SSSR count). The molecule has 1 aliphatic heterocycles. The van der Waals surface area contributed by atoms with Gasteiger partial charge in [0.1, 0.15) is 6.54 Å². The minimum Gasteiger partial charge on any atom is -0.391 e. The summed E-state index contributed by atoms with van der Waals surface area (Å²) in [4.78, 5) is 37.8. The number of β-amino-alcohol motifs (C(OH)–C–C–N with tert-alkyl or cyclic N) is 1. The Bertz CT molecular complexity index is 548. The van der Waals surface area contributed by atoms with Crippen molar-refractivity contribution in [2.24, 2.45) is 0 Å². The molecule has 0 aliphatic carbocycles. The van der Waals surface area contributed by atoms with Gasteiger partial charge in [-0.1, -0.05) is 0 Å². The Labute approximate surface area is 103 Å². The van der Waals surface area contributed by atoms with Gasteiger partial charge in [-0.3, -0.25) is 19.1 Å². The van der Waals surface area contributed by atoms with Crippen LogP contribution in [-0.4, -0.2) is 44.7 Å². The number of likely N-dealkylation sites (tertiary alicyclic amines) is 1. The maximum atomic E-state index is 11.9. The molecule has 0 spiro atoms. The van der Waals surface area contributed by atoms with E-state index in [-0.39, 0.29) is 12.5 Å². The lowest BCUT2D eigenvalue weighted by molar-refractivity contribution is -0.134. The van der Waals surface area contributed by atoms with Crippen molar-refractivity contribution < 1.29 is 9.90 Å². The molecule has 7 nitrogen and oxygen atoms in total. The van der Waals surface area contributed by atoms with E-state index in [1.807, 2.05) is 0 Å². The largest absolute Gasteiger partial charge is 0.391 e. The SMILES string of the molecule is O=C(Cn1ccc(=O)[nH]c1=O)N1CCC[C@H](O)C1. The minimum atomic E-state index is -0.603. The Morgan fingerprint density at radius 1 is 1.50 bits per heavy atom. The maximum absolute atomic E-state index is 11.9. The molecule has 1 atom stereocenters. The first-order chi connectivity index (χ1) is 8.56. The van der Waals surface area contributed by atoms with Crippen LogP contribution in [0.25, 0.3) is 0 Å². The van der Waals surface area contributed by atoms with Crippen molar-refractivity contribution in [3.63, 3.8) is 0 Å². The first kappa shape index (κ1) is 12.6. The lowest BCUT2D eigenvalue weighted by atomic mass is 10.1. The number of aliphatic hydroxyl groups is 1. The summed E-state index contributed by atoms with van der Waals surface area (Å²) in [5, 5.41) is 9.48. The number of H-pyrrole nitrogens is 1. The molecule has 1 aromatic heterocycles. The fourth-order valence-electron chi connectivity index (χ4n) is 2.00. The van der Waals surface area contributed by atoms with Crippen LogP contribution in [0.5, 0.6) is 0 Å². The smallest absolute Gasteiger partial charge is 0.328 e. The zero-order valence-electron chi connectivity index (χ0n) is 9.83. The number of nitrogens with zero attached hydrogens (tertiary/aromatic N) is 2. The maximum Gasteiger partial charge on any atom is 0.328 e. The molecule has 1 amide bonds. The molecule has 0 radical (unpaired) electrons. The van der Waals surface area contributed by atoms with Gasteiger partial charge in [-0.2, -0.15) is 0 Å². The summed E-state index contributed by atoms with van der Waals surface area (Å²) in [5.41, 5.74) is -1.09. The number of amides is 1. The second-order valence-corrected chi connectivity index (χ2v) is 4.37. The molecule has 0 aromatic carbocycles. The second-order valence-electron chi connectivity index (χ2n) is 4.37. The average molecular weight is 253 g/mol. The molecule has 1 saturated heterocycles. The predicted octanol–water partition coefficient (Wildman–Crippen LogP) is -1.48. The fourth-order valence-corrected chi connectivity index (χ4v) is 2.00. The number of rotatable bonds is 2. The first-order valence-electron chi connectivity index (χ1n) is 5.82. The van der Waals surface area contributed by atoms with Crippen molar-refractivity contribution in [3.8, 4) is 0 Å². The number of nitrogens with one attached hydrogen (secondary N) is 1. The monoisotopic (exact) mass is 253 g/mol. The molecule has 98 valence electrons. The van der Waals surface area contributed by atoms with Crippen LogP contribution >= 0.6 is 0 Å². The molecule has 1 fully saturated rings. The number of hydrogen-bond acceptors (Lipinski definition) is 4. The number of carbonyl (C=O) groups is 1. The third kappa shape index (κ3) is 2.86. The molecule has 2 heterocycles. The molecule has 0 unspecified atom stereocenters. The van der Waals surface area contributed by atoms with E-state index in [0.29, 0.717) is 19.5 Å². The highest BCUT2D eigenvalue weighted by Gasteiger charge is 2.22. The van der Waals surface area contributed by atoms with E-state index in [0.717, 1.165) is 11.0 Å². The van der Waals surface area contributed by atoms with Gasteiger partial charge in [0, 0.05) is 25.4 Å². The molecular formula is C11H15N3O4. The van der Waals surface area contributed by atoms with E-state index in [2.05, 4.69) is 4.98 Å². The minimum absolute atomic E-state index is 0.123. The van der Waals surface area contributed by atoms with Gasteiger partial charge in [0.15, 0.2) is 0 Å². The zero-order valence-corrected chi connectivity index (χ0v) is 9.83. The number of aliphatic hydroxyl groups excluding tert-OH is 1. The van der Waals surface area contributed by atoms with Gasteiger partial charge in [0.2, 0.25) is 5.91 Å². The van der Waals surface area contributed by atoms with Crippen molar-refractivity contribution in [1.29, 1.82) is 0 Å². The van der Waals surface area contributed by atoms with Gasteiger partial charge in [0.05, 0.1) is 6.10 Å². The Balaban J connectivity index is 2.06. The van der Waals surface area contributed by atoms with Crippen LogP contribution in [0, 0.1) is 0 Å². The summed E-state index contributed by atoms with van der Waals surface area (Å²) < 4.78 is 1.14. The lowest BCUT2D eigenvalue weighted by Gasteiger charge is -2.30. The van der Waals surface area contributed by atoms with Crippen LogP contribution in [0.4, 0.5) is 0 Å². The highest BCUT2D eigenvalue weighted by atomic mass is 16.3. The van der Waals surface area contributed by atoms with Gasteiger partial charge >= 0.3 is 5.69 Å². The average Bonchev–Trinajstić information content (AvgIpc) is 2.32. The summed E-state index contributed by atoms with van der Waals surface area (Å²) in [5.74, 6) is -0.233. The molecular weight excluding hydrogens is 238 g/mol. The van der Waals surface area contributed by atoms with E-state index >= 15 is 0 Å². The van der Waals surface area contributed by atoms with Crippen LogP contribution < -0.4 is 11.2 Å². The van der Waals surface area contributed by atoms with Crippen molar-refractivity contribution >= 4 is 5.91 Å². The molecule has 18 heavy (non-hydrogen) atoms. The van der Waals surface area contributed by atoms with E-state index < -0.39 is 17.4 Å². The quantitative estimate of drug-likeness (QED) is 0.672. The number of aromatic nitrogens is 2. The van der Waals surface area contributed by atoms with Crippen LogP contribution in [0.3, 0.4) is 0 Å². The summed E-state index contributed by atoms with van der Waals surface area (Å²) in [7, 11) is 0. The Kier molecular flexibility index (Phi) is 3.61. The zero-order chi connectivity index (χ0) is 13.1. The van der Waals surface area contributed by atoms with Crippen LogP contribution in [-0.2, 0) is 11.3 Å². The predicted molar refractivity (Wildman–Crippen MR) is 63.1 cm³/mol. The molecule has 0 saturated carbocycles. The van der Waals surface area contributed by atoms with Gasteiger partial charge in [-0.25, -0.2) is 4.79 Å². The first-order valence-corrected chi connectivity index (χ1v) is 5.82. The lowest BCUT2D eigenvalue weighted by Crippen LogP contribution is -2.45. The van der Waals surface area contributed by atoms with E-state index in [1.54, 1.807) is 0 Å². The summed E-state index contributed by atoms with van der Waals surface area (Å²) in [6.07, 6.45) is 2.25. The van der Waals surface area contributed by atoms with Crippen LogP contribution in [0.15, 0.2) is 21.9 Å². The normalized spacial score (nSPS) is 19.8. The van der Waals surface area contributed by atoms with Crippen molar-refractivity contribution in [3.05, 3.63) is 33.1 Å². The summed E-state index contributed by atoms with van der Waals surface area (Å²) in [6.45, 7) is 0.771. The summed E-state index contributed by atoms with van der Waals surface area (Å²) in [6, 6.07) is 1.19. The Morgan fingerprint density at radius 2 is 2.28 bits per heavy atom. The van der Waals surface area contributed by atoms with Crippen molar-refractivity contribution in [2.45, 2.75) is 25.5 Å². The van der Waals surface area contributed by atoms with Gasteiger partial charge < -0.3 is 10.0 Å². The topological polar surface area (TPSA) is 95.4 Å². The molecule has 7 heteroatoms. The summed E-state index contributed by atoms with van der Waals surface area (Å²) >= 11 is 0. The molecule has 2 N–H and O–H groups in total. The highest BCUT2D eigenvalue weighted by Crippen LogP contribution is 2.09. The third-order valence-electron chi connectivity index (χ3n) is 2.95. The highest BCUT2D eigenvalue weighted by molar-refractivity contribution is 5.76. The van der Waals surface area contributed by atoms with Gasteiger partial charge in [0.25, 0.3) is 5.56 Å². The number of carbonyl (C=O) groups excluding carboxylic acids is 1. The molecule has 0 bridgehead atoms. The van der Waals surface area contributed by atoms with Crippen LogP contribution in [0.2, 0.25) is 0 Å². The third-order valence-corrected chi connectivity index (χ3v) is 2.95. The van der Waals surface area contributed by atoms with Gasteiger partial charge in [-0.15, -0.1) is 0 Å². The number of hydrogen-bond donors (Lipinski definition) is 2. The van der Waals surface area contributed by atoms with E-state index in [9.17, 15) is 19.5 Å².